The van der Waals surface area contributed by atoms with Gasteiger partial charge in [0.1, 0.15) is 0 Å². The normalized spacial score (nSPS) is 24.8. The van der Waals surface area contributed by atoms with E-state index in [1.165, 1.54) is 17.7 Å². The van der Waals surface area contributed by atoms with Gasteiger partial charge in [-0.25, -0.2) is 0 Å². The molecule has 0 aromatic heterocycles. The van der Waals surface area contributed by atoms with Crippen molar-refractivity contribution in [2.45, 2.75) is 52.1 Å². The van der Waals surface area contributed by atoms with Crippen molar-refractivity contribution >= 4 is 17.3 Å². The van der Waals surface area contributed by atoms with Crippen molar-refractivity contribution in [1.29, 1.82) is 0 Å². The van der Waals surface area contributed by atoms with Crippen LogP contribution in [0.4, 0.5) is 5.69 Å². The summed E-state index contributed by atoms with van der Waals surface area (Å²) in [7, 11) is 0. The van der Waals surface area contributed by atoms with Crippen molar-refractivity contribution in [2.75, 3.05) is 11.4 Å². The van der Waals surface area contributed by atoms with Crippen LogP contribution in [0.2, 0.25) is 5.02 Å². The molecule has 2 N–H and O–H groups in total. The number of benzene rings is 1. The third-order valence-electron chi connectivity index (χ3n) is 4.14. The molecule has 106 valence electrons. The topological polar surface area (TPSA) is 29.3 Å². The summed E-state index contributed by atoms with van der Waals surface area (Å²) < 4.78 is 0. The van der Waals surface area contributed by atoms with Gasteiger partial charge in [0.05, 0.1) is 0 Å². The molecule has 1 fully saturated rings. The summed E-state index contributed by atoms with van der Waals surface area (Å²) in [6.45, 7) is 7.90. The van der Waals surface area contributed by atoms with Gasteiger partial charge >= 0.3 is 0 Å². The molecule has 0 radical (unpaired) electrons. The van der Waals surface area contributed by atoms with Crippen LogP contribution in [0.5, 0.6) is 0 Å². The van der Waals surface area contributed by atoms with E-state index in [0.717, 1.165) is 30.3 Å². The molecule has 0 aliphatic carbocycles. The summed E-state index contributed by atoms with van der Waals surface area (Å²) >= 11 is 6.16. The quantitative estimate of drug-likeness (QED) is 0.908. The predicted molar refractivity (Wildman–Crippen MR) is 84.0 cm³/mol. The Morgan fingerprint density at radius 1 is 1.42 bits per heavy atom. The Balaban J connectivity index is 2.28. The predicted octanol–water partition coefficient (Wildman–Crippen LogP) is 3.85. The van der Waals surface area contributed by atoms with Gasteiger partial charge in [0, 0.05) is 29.3 Å². The smallest absolute Gasteiger partial charge is 0.0410 e. The monoisotopic (exact) mass is 280 g/mol. The SMILES string of the molecule is CCC(N)Cc1cc(Cl)ccc1N1CC(C)CC1C. The molecule has 3 heteroatoms. The number of hydrogen-bond acceptors (Lipinski definition) is 2. The van der Waals surface area contributed by atoms with E-state index in [4.69, 9.17) is 17.3 Å². The fourth-order valence-electron chi connectivity index (χ4n) is 3.06. The molecule has 1 aliphatic rings. The molecule has 1 aliphatic heterocycles. The summed E-state index contributed by atoms with van der Waals surface area (Å²) in [6, 6.07) is 7.06. The van der Waals surface area contributed by atoms with E-state index in [9.17, 15) is 0 Å². The van der Waals surface area contributed by atoms with Gasteiger partial charge in [-0.1, -0.05) is 25.4 Å². The largest absolute Gasteiger partial charge is 0.368 e. The van der Waals surface area contributed by atoms with Crippen LogP contribution in [-0.4, -0.2) is 18.6 Å². The van der Waals surface area contributed by atoms with Gasteiger partial charge in [-0.05, 0) is 55.9 Å². The average molecular weight is 281 g/mol. The number of hydrogen-bond donors (Lipinski definition) is 1. The van der Waals surface area contributed by atoms with Gasteiger partial charge < -0.3 is 10.6 Å². The standard InChI is InChI=1S/C16H25ClN2/c1-4-15(18)9-13-8-14(17)5-6-16(13)19-10-11(2)7-12(19)3/h5-6,8,11-12,15H,4,7,9-10,18H2,1-3H3. The van der Waals surface area contributed by atoms with Crippen LogP contribution in [0.1, 0.15) is 39.2 Å². The second-order valence-electron chi connectivity index (χ2n) is 5.99. The van der Waals surface area contributed by atoms with Gasteiger partial charge in [-0.15, -0.1) is 0 Å². The molecule has 2 rings (SSSR count). The third kappa shape index (κ3) is 3.43. The van der Waals surface area contributed by atoms with Crippen molar-refractivity contribution in [2.24, 2.45) is 11.7 Å². The number of rotatable bonds is 4. The summed E-state index contributed by atoms with van der Waals surface area (Å²) in [4.78, 5) is 2.51. The van der Waals surface area contributed by atoms with Crippen LogP contribution in [-0.2, 0) is 6.42 Å². The molecule has 3 atom stereocenters. The van der Waals surface area contributed by atoms with E-state index in [1.54, 1.807) is 0 Å². The lowest BCUT2D eigenvalue weighted by Gasteiger charge is -2.27. The third-order valence-corrected chi connectivity index (χ3v) is 4.38. The Morgan fingerprint density at radius 2 is 2.16 bits per heavy atom. The Hall–Kier alpha value is -0.730. The van der Waals surface area contributed by atoms with E-state index in [0.29, 0.717) is 6.04 Å². The Kier molecular flexibility index (Phi) is 4.75. The zero-order valence-corrected chi connectivity index (χ0v) is 13.0. The number of halogens is 1. The first-order valence-corrected chi connectivity index (χ1v) is 7.69. The van der Waals surface area contributed by atoms with E-state index >= 15 is 0 Å². The molecule has 19 heavy (non-hydrogen) atoms. The molecule has 0 amide bonds. The second-order valence-corrected chi connectivity index (χ2v) is 6.42. The fraction of sp³-hybridized carbons (Fsp3) is 0.625. The van der Waals surface area contributed by atoms with E-state index < -0.39 is 0 Å². The van der Waals surface area contributed by atoms with Crippen LogP contribution in [0, 0.1) is 5.92 Å². The Morgan fingerprint density at radius 3 is 2.74 bits per heavy atom. The lowest BCUT2D eigenvalue weighted by molar-refractivity contribution is 0.624. The van der Waals surface area contributed by atoms with Gasteiger partial charge in [-0.2, -0.15) is 0 Å². The Bertz CT molecular complexity index is 433. The van der Waals surface area contributed by atoms with Gasteiger partial charge in [0.2, 0.25) is 0 Å². The van der Waals surface area contributed by atoms with Crippen molar-refractivity contribution in [3.8, 4) is 0 Å². The van der Waals surface area contributed by atoms with Gasteiger partial charge in [0.15, 0.2) is 0 Å². The van der Waals surface area contributed by atoms with Gasteiger partial charge in [-0.3, -0.25) is 0 Å². The fourth-order valence-corrected chi connectivity index (χ4v) is 3.25. The zero-order chi connectivity index (χ0) is 14.0. The number of nitrogens with two attached hydrogens (primary N) is 1. The summed E-state index contributed by atoms with van der Waals surface area (Å²) in [6.07, 6.45) is 3.17. The highest BCUT2D eigenvalue weighted by Crippen LogP contribution is 2.33. The van der Waals surface area contributed by atoms with Crippen LogP contribution < -0.4 is 10.6 Å². The zero-order valence-electron chi connectivity index (χ0n) is 12.2. The molecule has 1 heterocycles. The first-order chi connectivity index (χ1) is 9.01. The lowest BCUT2D eigenvalue weighted by Crippen LogP contribution is -2.29. The molecule has 2 nitrogen and oxygen atoms in total. The minimum absolute atomic E-state index is 0.215. The lowest BCUT2D eigenvalue weighted by atomic mass is 10.0. The molecule has 0 spiro atoms. The molecule has 0 bridgehead atoms. The van der Waals surface area contributed by atoms with Crippen molar-refractivity contribution in [3.63, 3.8) is 0 Å². The number of nitrogens with zero attached hydrogens (tertiary/aromatic N) is 1. The van der Waals surface area contributed by atoms with E-state index in [-0.39, 0.29) is 6.04 Å². The maximum Gasteiger partial charge on any atom is 0.0410 e. The maximum absolute atomic E-state index is 6.16. The summed E-state index contributed by atoms with van der Waals surface area (Å²) in [5.41, 5.74) is 8.74. The number of anilines is 1. The second kappa shape index (κ2) is 6.15. The van der Waals surface area contributed by atoms with Crippen LogP contribution in [0.3, 0.4) is 0 Å². The highest BCUT2D eigenvalue weighted by atomic mass is 35.5. The minimum atomic E-state index is 0.215. The molecule has 0 saturated carbocycles. The molecule has 3 unspecified atom stereocenters. The van der Waals surface area contributed by atoms with Crippen molar-refractivity contribution < 1.29 is 0 Å². The Labute approximate surface area is 121 Å². The highest BCUT2D eigenvalue weighted by molar-refractivity contribution is 6.30. The molecule has 1 aromatic carbocycles. The van der Waals surface area contributed by atoms with Crippen molar-refractivity contribution in [3.05, 3.63) is 28.8 Å². The highest BCUT2D eigenvalue weighted by Gasteiger charge is 2.27. The first-order valence-electron chi connectivity index (χ1n) is 7.31. The molecule has 1 saturated heterocycles. The maximum atomic E-state index is 6.16. The summed E-state index contributed by atoms with van der Waals surface area (Å²) in [5, 5.41) is 0.807. The van der Waals surface area contributed by atoms with Crippen LogP contribution >= 0.6 is 11.6 Å². The minimum Gasteiger partial charge on any atom is -0.368 e. The molecular weight excluding hydrogens is 256 g/mol. The molecule has 1 aromatic rings. The summed E-state index contributed by atoms with van der Waals surface area (Å²) in [5.74, 6) is 0.762. The average Bonchev–Trinajstić information content (AvgIpc) is 2.68. The van der Waals surface area contributed by atoms with Crippen LogP contribution in [0.15, 0.2) is 18.2 Å². The van der Waals surface area contributed by atoms with Crippen molar-refractivity contribution in [1.82, 2.24) is 0 Å². The van der Waals surface area contributed by atoms with Crippen LogP contribution in [0.25, 0.3) is 0 Å². The van der Waals surface area contributed by atoms with E-state index in [2.05, 4.69) is 37.8 Å². The van der Waals surface area contributed by atoms with E-state index in [1.807, 2.05) is 6.07 Å². The first kappa shape index (κ1) is 14.7. The van der Waals surface area contributed by atoms with Gasteiger partial charge in [0.25, 0.3) is 0 Å². The molecular formula is C16H25ClN2.